The Morgan fingerprint density at radius 3 is 2.57 bits per heavy atom. The van der Waals surface area contributed by atoms with E-state index in [4.69, 9.17) is 4.74 Å². The zero-order valence-electron chi connectivity index (χ0n) is 18.0. The summed E-state index contributed by atoms with van der Waals surface area (Å²) in [5.74, 6) is 1.24. The second kappa shape index (κ2) is 8.80. The Morgan fingerprint density at radius 1 is 1.20 bits per heavy atom. The fourth-order valence-electron chi connectivity index (χ4n) is 4.24. The van der Waals surface area contributed by atoms with Crippen molar-refractivity contribution in [3.05, 3.63) is 51.7 Å². The Bertz CT molecular complexity index is 901. The third-order valence-electron chi connectivity index (χ3n) is 5.91. The first-order valence-corrected chi connectivity index (χ1v) is 11.6. The van der Waals surface area contributed by atoms with E-state index in [-0.39, 0.29) is 30.4 Å². The number of nitrogens with zero attached hydrogens (tertiary/aromatic N) is 2. The summed E-state index contributed by atoms with van der Waals surface area (Å²) < 4.78 is 5.31. The van der Waals surface area contributed by atoms with Crippen molar-refractivity contribution in [2.45, 2.75) is 51.6 Å². The number of thiophene rings is 1. The standard InChI is InChI=1S/C24H30N2O3S/c1-16(2)14-22(27)26(18-6-7-18)15-23(28)25-12-10-21-20(11-13-30-21)24(25)17-4-8-19(29-3)9-5-17/h4-5,8-9,11,13,16,18,24H,6-7,10,12,14-15H2,1-3H3/t24-/m1/s1. The van der Waals surface area contributed by atoms with Crippen LogP contribution in [0.4, 0.5) is 0 Å². The second-order valence-electron chi connectivity index (χ2n) is 8.66. The molecule has 0 radical (unpaired) electrons. The number of hydrogen-bond acceptors (Lipinski definition) is 4. The monoisotopic (exact) mass is 426 g/mol. The van der Waals surface area contributed by atoms with Gasteiger partial charge in [0.25, 0.3) is 0 Å². The summed E-state index contributed by atoms with van der Waals surface area (Å²) in [7, 11) is 1.66. The average molecular weight is 427 g/mol. The van der Waals surface area contributed by atoms with Crippen LogP contribution in [0.15, 0.2) is 35.7 Å². The summed E-state index contributed by atoms with van der Waals surface area (Å²) in [4.78, 5) is 31.4. The lowest BCUT2D eigenvalue weighted by Gasteiger charge is -2.37. The van der Waals surface area contributed by atoms with Gasteiger partial charge in [0, 0.05) is 23.9 Å². The Hall–Kier alpha value is -2.34. The number of methoxy groups -OCH3 is 1. The predicted molar refractivity (Wildman–Crippen MR) is 119 cm³/mol. The topological polar surface area (TPSA) is 49.9 Å². The van der Waals surface area contributed by atoms with E-state index in [2.05, 4.69) is 11.4 Å². The van der Waals surface area contributed by atoms with Gasteiger partial charge >= 0.3 is 0 Å². The number of amides is 2. The van der Waals surface area contributed by atoms with Gasteiger partial charge in [-0.1, -0.05) is 26.0 Å². The maximum Gasteiger partial charge on any atom is 0.243 e. The van der Waals surface area contributed by atoms with Crippen molar-refractivity contribution in [3.8, 4) is 5.75 Å². The first-order chi connectivity index (χ1) is 14.5. The molecular formula is C24H30N2O3S. The molecule has 160 valence electrons. The minimum Gasteiger partial charge on any atom is -0.497 e. The van der Waals surface area contributed by atoms with E-state index in [0.29, 0.717) is 18.9 Å². The van der Waals surface area contributed by atoms with Gasteiger partial charge in [0.15, 0.2) is 0 Å². The molecule has 2 amide bonds. The lowest BCUT2D eigenvalue weighted by atomic mass is 9.93. The number of rotatable bonds is 7. The minimum absolute atomic E-state index is 0.0386. The van der Waals surface area contributed by atoms with Gasteiger partial charge in [-0.3, -0.25) is 9.59 Å². The van der Waals surface area contributed by atoms with Crippen molar-refractivity contribution in [3.63, 3.8) is 0 Å². The van der Waals surface area contributed by atoms with Gasteiger partial charge in [0.2, 0.25) is 11.8 Å². The van der Waals surface area contributed by atoms with Gasteiger partial charge in [-0.15, -0.1) is 11.3 Å². The molecule has 1 atom stereocenters. The van der Waals surface area contributed by atoms with Gasteiger partial charge in [-0.25, -0.2) is 0 Å². The van der Waals surface area contributed by atoms with Gasteiger partial charge < -0.3 is 14.5 Å². The molecule has 5 nitrogen and oxygen atoms in total. The number of carbonyl (C=O) groups excluding carboxylic acids is 2. The van der Waals surface area contributed by atoms with E-state index in [1.54, 1.807) is 18.4 Å². The molecule has 30 heavy (non-hydrogen) atoms. The van der Waals surface area contributed by atoms with Crippen LogP contribution in [-0.2, 0) is 16.0 Å². The maximum atomic E-state index is 13.5. The zero-order chi connectivity index (χ0) is 21.3. The molecule has 0 spiro atoms. The molecule has 6 heteroatoms. The molecule has 0 saturated heterocycles. The summed E-state index contributed by atoms with van der Waals surface area (Å²) >= 11 is 1.76. The van der Waals surface area contributed by atoms with Gasteiger partial charge in [-0.05, 0) is 59.9 Å². The lowest BCUT2D eigenvalue weighted by molar-refractivity contribution is -0.142. The lowest BCUT2D eigenvalue weighted by Crippen LogP contribution is -2.47. The van der Waals surface area contributed by atoms with Crippen LogP contribution in [0.25, 0.3) is 0 Å². The normalized spacial score (nSPS) is 18.3. The Balaban J connectivity index is 1.59. The van der Waals surface area contributed by atoms with E-state index in [0.717, 1.165) is 30.6 Å². The summed E-state index contributed by atoms with van der Waals surface area (Å²) in [5.41, 5.74) is 2.28. The minimum atomic E-state index is -0.111. The summed E-state index contributed by atoms with van der Waals surface area (Å²) in [6, 6.07) is 10.2. The van der Waals surface area contributed by atoms with Crippen LogP contribution in [0, 0.1) is 5.92 Å². The Morgan fingerprint density at radius 2 is 1.93 bits per heavy atom. The Labute approximate surface area is 182 Å². The van der Waals surface area contributed by atoms with Crippen LogP contribution in [0.5, 0.6) is 5.75 Å². The van der Waals surface area contributed by atoms with Crippen LogP contribution >= 0.6 is 11.3 Å². The average Bonchev–Trinajstić information content (AvgIpc) is 3.46. The highest BCUT2D eigenvalue weighted by Gasteiger charge is 2.38. The van der Waals surface area contributed by atoms with Gasteiger partial charge in [0.05, 0.1) is 13.2 Å². The first-order valence-electron chi connectivity index (χ1n) is 10.8. The van der Waals surface area contributed by atoms with Crippen LogP contribution in [-0.4, -0.2) is 47.9 Å². The molecule has 0 N–H and O–H groups in total. The number of benzene rings is 1. The SMILES string of the molecule is COc1ccc([C@@H]2c3ccsc3CCN2C(=O)CN(C(=O)CC(C)C)C2CC2)cc1. The number of carbonyl (C=O) groups is 2. The fourth-order valence-corrected chi connectivity index (χ4v) is 5.14. The molecule has 2 aromatic rings. The predicted octanol–water partition coefficient (Wildman–Crippen LogP) is 4.27. The van der Waals surface area contributed by atoms with Crippen LogP contribution in [0.3, 0.4) is 0 Å². The molecule has 1 saturated carbocycles. The molecule has 0 unspecified atom stereocenters. The summed E-state index contributed by atoms with van der Waals surface area (Å²) in [6.07, 6.45) is 3.39. The molecular weight excluding hydrogens is 396 g/mol. The highest BCUT2D eigenvalue weighted by molar-refractivity contribution is 7.10. The smallest absolute Gasteiger partial charge is 0.243 e. The number of hydrogen-bond donors (Lipinski definition) is 0. The van der Waals surface area contributed by atoms with E-state index < -0.39 is 0 Å². The van der Waals surface area contributed by atoms with Crippen molar-refractivity contribution < 1.29 is 14.3 Å². The molecule has 1 aromatic heterocycles. The summed E-state index contributed by atoms with van der Waals surface area (Å²) in [6.45, 7) is 4.96. The molecule has 1 aliphatic carbocycles. The molecule has 4 rings (SSSR count). The maximum absolute atomic E-state index is 13.5. The van der Waals surface area contributed by atoms with Crippen LogP contribution in [0.1, 0.15) is 55.2 Å². The van der Waals surface area contributed by atoms with Crippen molar-refractivity contribution in [2.75, 3.05) is 20.2 Å². The number of ether oxygens (including phenoxy) is 1. The highest BCUT2D eigenvalue weighted by Crippen LogP contribution is 2.38. The molecule has 0 bridgehead atoms. The number of fused-ring (bicyclic) bond motifs is 1. The Kier molecular flexibility index (Phi) is 6.14. The van der Waals surface area contributed by atoms with E-state index in [1.807, 2.05) is 47.9 Å². The van der Waals surface area contributed by atoms with Crippen molar-refractivity contribution in [1.82, 2.24) is 9.80 Å². The second-order valence-corrected chi connectivity index (χ2v) is 9.66. The van der Waals surface area contributed by atoms with Crippen molar-refractivity contribution in [1.29, 1.82) is 0 Å². The molecule has 1 aliphatic heterocycles. The first kappa shape index (κ1) is 20.9. The molecule has 2 aliphatic rings. The van der Waals surface area contributed by atoms with Crippen LogP contribution < -0.4 is 4.74 Å². The van der Waals surface area contributed by atoms with Crippen LogP contribution in [0.2, 0.25) is 0 Å². The van der Waals surface area contributed by atoms with Crippen molar-refractivity contribution in [2.24, 2.45) is 5.92 Å². The third kappa shape index (κ3) is 4.38. The fraction of sp³-hybridized carbons (Fsp3) is 0.500. The van der Waals surface area contributed by atoms with E-state index in [9.17, 15) is 9.59 Å². The van der Waals surface area contributed by atoms with Gasteiger partial charge in [0.1, 0.15) is 12.3 Å². The van der Waals surface area contributed by atoms with E-state index >= 15 is 0 Å². The zero-order valence-corrected chi connectivity index (χ0v) is 18.8. The summed E-state index contributed by atoms with van der Waals surface area (Å²) in [5, 5.41) is 2.11. The van der Waals surface area contributed by atoms with Gasteiger partial charge in [-0.2, -0.15) is 0 Å². The van der Waals surface area contributed by atoms with E-state index in [1.165, 1.54) is 10.4 Å². The third-order valence-corrected chi connectivity index (χ3v) is 6.91. The quantitative estimate of drug-likeness (QED) is 0.664. The highest BCUT2D eigenvalue weighted by atomic mass is 32.1. The largest absolute Gasteiger partial charge is 0.497 e. The van der Waals surface area contributed by atoms with Crippen molar-refractivity contribution >= 4 is 23.2 Å². The molecule has 1 aromatic carbocycles. The molecule has 1 fully saturated rings. The molecule has 2 heterocycles.